The van der Waals surface area contributed by atoms with Crippen LogP contribution in [0.15, 0.2) is 23.6 Å². The minimum Gasteiger partial charge on any atom is -0.206 e. The lowest BCUT2D eigenvalue weighted by Gasteiger charge is -1.87. The Hall–Kier alpha value is -0.890. The predicted octanol–water partition coefficient (Wildman–Crippen LogP) is 2.84. The summed E-state index contributed by atoms with van der Waals surface area (Å²) in [5.74, 6) is -0.251. The number of halogens is 1. The van der Waals surface area contributed by atoms with Crippen LogP contribution < -0.4 is 0 Å². The molecule has 2 heteroatoms. The highest BCUT2D eigenvalue weighted by Crippen LogP contribution is 2.21. The quantitative estimate of drug-likeness (QED) is 0.543. The van der Waals surface area contributed by atoms with E-state index >= 15 is 0 Å². The molecule has 10 heavy (non-hydrogen) atoms. The lowest BCUT2D eigenvalue weighted by molar-refractivity contribution is 0.638. The largest absolute Gasteiger partial charge is 0.206 e. The summed E-state index contributed by atoms with van der Waals surface area (Å²) < 4.78 is 13.8. The van der Waals surface area contributed by atoms with E-state index in [2.05, 4.69) is 6.07 Å². The fourth-order valence-corrected chi connectivity index (χ4v) is 1.68. The van der Waals surface area contributed by atoms with E-state index in [0.29, 0.717) is 5.39 Å². The van der Waals surface area contributed by atoms with Crippen LogP contribution in [0.3, 0.4) is 0 Å². The Labute approximate surface area is 61.9 Å². The molecule has 1 radical (unpaired) electrons. The summed E-state index contributed by atoms with van der Waals surface area (Å²) in [6.45, 7) is 0. The molecule has 2 rings (SSSR count). The maximum Gasteiger partial charge on any atom is 0.139 e. The first-order valence-electron chi connectivity index (χ1n) is 2.91. The van der Waals surface area contributed by atoms with Gasteiger partial charge >= 0.3 is 0 Å². The molecule has 0 spiro atoms. The van der Waals surface area contributed by atoms with E-state index in [1.54, 1.807) is 23.5 Å². The van der Waals surface area contributed by atoms with Gasteiger partial charge in [0.1, 0.15) is 5.82 Å². The minimum absolute atomic E-state index is 0.251. The summed E-state index contributed by atoms with van der Waals surface area (Å²) in [7, 11) is 0. The maximum absolute atomic E-state index is 12.8. The molecule has 0 fully saturated rings. The zero-order valence-electron chi connectivity index (χ0n) is 5.10. The SMILES string of the molecule is Fc1[c]ccc2sccc12. The molecule has 49 valence electrons. The van der Waals surface area contributed by atoms with Gasteiger partial charge in [-0.15, -0.1) is 11.3 Å². The Kier molecular flexibility index (Phi) is 1.21. The van der Waals surface area contributed by atoms with Crippen LogP contribution in [0.2, 0.25) is 0 Å². The van der Waals surface area contributed by atoms with Crippen molar-refractivity contribution in [3.8, 4) is 0 Å². The molecule has 0 N–H and O–H groups in total. The average Bonchev–Trinajstić information content (AvgIpc) is 2.36. The number of hydrogen-bond acceptors (Lipinski definition) is 1. The van der Waals surface area contributed by atoms with Crippen molar-refractivity contribution in [3.05, 3.63) is 35.5 Å². The van der Waals surface area contributed by atoms with Crippen molar-refractivity contribution < 1.29 is 4.39 Å². The average molecular weight is 151 g/mol. The fraction of sp³-hybridized carbons (Fsp3) is 0. The molecule has 1 heterocycles. The van der Waals surface area contributed by atoms with Gasteiger partial charge in [-0.1, -0.05) is 0 Å². The van der Waals surface area contributed by atoms with Crippen LogP contribution >= 0.6 is 11.3 Å². The molecule has 2 aromatic rings. The Bertz CT molecular complexity index is 351. The molecule has 0 nitrogen and oxygen atoms in total. The Morgan fingerprint density at radius 1 is 1.40 bits per heavy atom. The third kappa shape index (κ3) is 0.727. The van der Waals surface area contributed by atoms with E-state index in [9.17, 15) is 4.39 Å². The zero-order valence-corrected chi connectivity index (χ0v) is 5.91. The first-order chi connectivity index (χ1) is 4.88. The van der Waals surface area contributed by atoms with E-state index < -0.39 is 0 Å². The molecule has 0 atom stereocenters. The molecule has 1 aromatic carbocycles. The van der Waals surface area contributed by atoms with Gasteiger partial charge in [0, 0.05) is 16.2 Å². The van der Waals surface area contributed by atoms with Gasteiger partial charge in [0.05, 0.1) is 0 Å². The summed E-state index contributed by atoms with van der Waals surface area (Å²) in [5.41, 5.74) is 0. The third-order valence-electron chi connectivity index (χ3n) is 1.38. The van der Waals surface area contributed by atoms with Crippen molar-refractivity contribution >= 4 is 21.4 Å². The lowest BCUT2D eigenvalue weighted by Crippen LogP contribution is -1.71. The predicted molar refractivity (Wildman–Crippen MR) is 40.6 cm³/mol. The van der Waals surface area contributed by atoms with Crippen molar-refractivity contribution in [1.82, 2.24) is 0 Å². The van der Waals surface area contributed by atoms with Crippen LogP contribution in [0, 0.1) is 11.9 Å². The van der Waals surface area contributed by atoms with Gasteiger partial charge in [-0.05, 0) is 23.6 Å². The number of rotatable bonds is 0. The van der Waals surface area contributed by atoms with Crippen molar-refractivity contribution in [1.29, 1.82) is 0 Å². The highest BCUT2D eigenvalue weighted by atomic mass is 32.1. The number of hydrogen-bond donors (Lipinski definition) is 0. The Morgan fingerprint density at radius 3 is 3.10 bits per heavy atom. The molecule has 0 aliphatic carbocycles. The van der Waals surface area contributed by atoms with Crippen LogP contribution in [0.25, 0.3) is 10.1 Å². The molecule has 0 amide bonds. The Morgan fingerprint density at radius 2 is 2.30 bits per heavy atom. The van der Waals surface area contributed by atoms with Crippen molar-refractivity contribution in [2.75, 3.05) is 0 Å². The molecule has 0 aliphatic heterocycles. The maximum atomic E-state index is 12.8. The normalized spacial score (nSPS) is 10.5. The van der Waals surface area contributed by atoms with Gasteiger partial charge in [0.2, 0.25) is 0 Å². The summed E-state index contributed by atoms with van der Waals surface area (Å²) in [4.78, 5) is 0. The molecular weight excluding hydrogens is 147 g/mol. The summed E-state index contributed by atoms with van der Waals surface area (Å²) in [6, 6.07) is 7.74. The highest BCUT2D eigenvalue weighted by molar-refractivity contribution is 7.17. The first-order valence-corrected chi connectivity index (χ1v) is 3.79. The highest BCUT2D eigenvalue weighted by Gasteiger charge is 1.98. The van der Waals surface area contributed by atoms with Crippen LogP contribution in [0.1, 0.15) is 0 Å². The number of thiophene rings is 1. The lowest BCUT2D eigenvalue weighted by atomic mass is 10.2. The molecule has 0 saturated heterocycles. The second-order valence-corrected chi connectivity index (χ2v) is 2.94. The van der Waals surface area contributed by atoms with E-state index in [1.807, 2.05) is 11.4 Å². The second-order valence-electron chi connectivity index (χ2n) is 1.99. The first kappa shape index (κ1) is 5.86. The van der Waals surface area contributed by atoms with Gasteiger partial charge in [-0.2, -0.15) is 0 Å². The molecule has 1 aromatic heterocycles. The molecular formula is C8H4FS. The van der Waals surface area contributed by atoms with E-state index in [4.69, 9.17) is 0 Å². The van der Waals surface area contributed by atoms with E-state index in [-0.39, 0.29) is 5.82 Å². The summed E-state index contributed by atoms with van der Waals surface area (Å²) in [6.07, 6.45) is 0. The smallest absolute Gasteiger partial charge is 0.139 e. The van der Waals surface area contributed by atoms with Crippen LogP contribution in [0.4, 0.5) is 4.39 Å². The minimum atomic E-state index is -0.251. The van der Waals surface area contributed by atoms with E-state index in [0.717, 1.165) is 4.70 Å². The fourth-order valence-electron chi connectivity index (χ4n) is 0.900. The monoisotopic (exact) mass is 151 g/mol. The van der Waals surface area contributed by atoms with Crippen molar-refractivity contribution in [2.45, 2.75) is 0 Å². The summed E-state index contributed by atoms with van der Waals surface area (Å²) >= 11 is 1.54. The van der Waals surface area contributed by atoms with Gasteiger partial charge in [-0.3, -0.25) is 0 Å². The molecule has 0 aliphatic rings. The topological polar surface area (TPSA) is 0 Å². The standard InChI is InChI=1S/C8H4FS/c9-7-2-1-3-8-6(7)4-5-10-8/h1,3-5H. The molecule has 0 unspecified atom stereocenters. The third-order valence-corrected chi connectivity index (χ3v) is 2.26. The number of benzene rings is 1. The van der Waals surface area contributed by atoms with Gasteiger partial charge in [0.15, 0.2) is 0 Å². The number of fused-ring (bicyclic) bond motifs is 1. The Balaban J connectivity index is 2.95. The van der Waals surface area contributed by atoms with Gasteiger partial charge < -0.3 is 0 Å². The van der Waals surface area contributed by atoms with Gasteiger partial charge in [0.25, 0.3) is 0 Å². The zero-order chi connectivity index (χ0) is 6.97. The molecule has 0 bridgehead atoms. The van der Waals surface area contributed by atoms with Crippen molar-refractivity contribution in [3.63, 3.8) is 0 Å². The van der Waals surface area contributed by atoms with Crippen molar-refractivity contribution in [2.24, 2.45) is 0 Å². The van der Waals surface area contributed by atoms with E-state index in [1.165, 1.54) is 0 Å². The van der Waals surface area contributed by atoms with Crippen LogP contribution in [0.5, 0.6) is 0 Å². The van der Waals surface area contributed by atoms with Crippen LogP contribution in [-0.4, -0.2) is 0 Å². The second kappa shape index (κ2) is 2.06. The molecule has 0 saturated carbocycles. The van der Waals surface area contributed by atoms with Gasteiger partial charge in [-0.25, -0.2) is 4.39 Å². The summed E-state index contributed by atoms with van der Waals surface area (Å²) in [5, 5.41) is 2.55. The van der Waals surface area contributed by atoms with Crippen LogP contribution in [-0.2, 0) is 0 Å².